The number of nitrogen functional groups attached to an aromatic ring is 1. The molecule has 0 radical (unpaired) electrons. The Balaban J connectivity index is 1.74. The van der Waals surface area contributed by atoms with Gasteiger partial charge in [-0.25, -0.2) is 10.4 Å². The molecular formula is C10H18N4O. The summed E-state index contributed by atoms with van der Waals surface area (Å²) in [6.07, 6.45) is 0. The first-order chi connectivity index (χ1) is 7.24. The van der Waals surface area contributed by atoms with Crippen LogP contribution in [0.2, 0.25) is 0 Å². The summed E-state index contributed by atoms with van der Waals surface area (Å²) in [6, 6.07) is 3.68. The lowest BCUT2D eigenvalue weighted by Crippen LogP contribution is -2.50. The second-order valence-corrected chi connectivity index (χ2v) is 3.93. The number of rotatable bonds is 3. The molecule has 2 rings (SSSR count). The third kappa shape index (κ3) is 2.95. The fourth-order valence-electron chi connectivity index (χ4n) is 1.64. The van der Waals surface area contributed by atoms with Gasteiger partial charge in [0.05, 0.1) is 6.54 Å². The van der Waals surface area contributed by atoms with Crippen LogP contribution in [0.1, 0.15) is 5.76 Å². The number of nitrogens with two attached hydrogens (primary N) is 1. The molecule has 0 saturated carbocycles. The maximum atomic E-state index is 5.49. The lowest BCUT2D eigenvalue weighted by atomic mass is 10.4. The van der Waals surface area contributed by atoms with Crippen molar-refractivity contribution < 1.29 is 4.42 Å². The van der Waals surface area contributed by atoms with Crippen molar-refractivity contribution in [1.82, 2.24) is 15.3 Å². The van der Waals surface area contributed by atoms with E-state index in [1.54, 1.807) is 6.07 Å². The van der Waals surface area contributed by atoms with E-state index in [0.717, 1.165) is 31.9 Å². The van der Waals surface area contributed by atoms with Crippen molar-refractivity contribution in [3.63, 3.8) is 0 Å². The maximum Gasteiger partial charge on any atom is 0.190 e. The molecule has 15 heavy (non-hydrogen) atoms. The molecule has 84 valence electrons. The summed E-state index contributed by atoms with van der Waals surface area (Å²) in [6.45, 7) is 5.01. The van der Waals surface area contributed by atoms with E-state index in [1.807, 2.05) is 6.07 Å². The van der Waals surface area contributed by atoms with Gasteiger partial charge < -0.3 is 15.1 Å². The van der Waals surface area contributed by atoms with Crippen molar-refractivity contribution >= 4 is 5.88 Å². The molecule has 1 saturated heterocycles. The number of likely N-dealkylation sites (N-methyl/N-ethyl adjacent to an activating group) is 1. The van der Waals surface area contributed by atoms with E-state index in [2.05, 4.69) is 22.4 Å². The van der Waals surface area contributed by atoms with Gasteiger partial charge in [0.25, 0.3) is 0 Å². The predicted molar refractivity (Wildman–Crippen MR) is 59.0 cm³/mol. The second-order valence-electron chi connectivity index (χ2n) is 3.93. The topological polar surface area (TPSA) is 57.7 Å². The molecule has 2 heterocycles. The minimum Gasteiger partial charge on any atom is -0.445 e. The van der Waals surface area contributed by atoms with Crippen LogP contribution in [-0.4, -0.2) is 43.1 Å². The fourth-order valence-corrected chi connectivity index (χ4v) is 1.64. The van der Waals surface area contributed by atoms with E-state index in [9.17, 15) is 0 Å². The Bertz CT molecular complexity index is 304. The molecule has 0 unspecified atom stereocenters. The van der Waals surface area contributed by atoms with Crippen LogP contribution in [0, 0.1) is 0 Å². The summed E-state index contributed by atoms with van der Waals surface area (Å²) in [5, 5.41) is 2.22. The second kappa shape index (κ2) is 4.65. The van der Waals surface area contributed by atoms with Gasteiger partial charge in [-0.2, -0.15) is 0 Å². The highest BCUT2D eigenvalue weighted by Gasteiger charge is 2.13. The van der Waals surface area contributed by atoms with Crippen molar-refractivity contribution in [1.29, 1.82) is 0 Å². The van der Waals surface area contributed by atoms with Gasteiger partial charge in [0.1, 0.15) is 5.76 Å². The predicted octanol–water partition coefficient (Wildman–Crippen LogP) is 0.114. The summed E-state index contributed by atoms with van der Waals surface area (Å²) in [5.41, 5.74) is 8.82. The van der Waals surface area contributed by atoms with Crippen molar-refractivity contribution in [3.05, 3.63) is 17.9 Å². The van der Waals surface area contributed by atoms with E-state index in [0.29, 0.717) is 12.4 Å². The van der Waals surface area contributed by atoms with Gasteiger partial charge in [-0.3, -0.25) is 0 Å². The summed E-state index contributed by atoms with van der Waals surface area (Å²) in [5.74, 6) is 1.36. The first-order valence-corrected chi connectivity index (χ1v) is 5.25. The molecule has 1 fully saturated rings. The average molecular weight is 210 g/mol. The van der Waals surface area contributed by atoms with Crippen molar-refractivity contribution in [2.75, 3.05) is 39.0 Å². The number of anilines is 1. The van der Waals surface area contributed by atoms with E-state index >= 15 is 0 Å². The van der Waals surface area contributed by atoms with Crippen molar-refractivity contribution in [3.8, 4) is 0 Å². The van der Waals surface area contributed by atoms with Crippen LogP contribution in [0.25, 0.3) is 0 Å². The minimum atomic E-state index is 0.477. The molecule has 0 aliphatic carbocycles. The molecule has 1 aromatic heterocycles. The van der Waals surface area contributed by atoms with Gasteiger partial charge in [0.2, 0.25) is 0 Å². The average Bonchev–Trinajstić information content (AvgIpc) is 2.64. The highest BCUT2D eigenvalue weighted by Crippen LogP contribution is 2.08. The van der Waals surface area contributed by atoms with Crippen molar-refractivity contribution in [2.24, 2.45) is 0 Å². The van der Waals surface area contributed by atoms with E-state index in [-0.39, 0.29) is 0 Å². The minimum absolute atomic E-state index is 0.477. The molecule has 0 aromatic carbocycles. The Morgan fingerprint density at radius 1 is 1.33 bits per heavy atom. The third-order valence-corrected chi connectivity index (χ3v) is 2.66. The summed E-state index contributed by atoms with van der Waals surface area (Å²) in [4.78, 5) is 2.32. The van der Waals surface area contributed by atoms with Crippen LogP contribution in [-0.2, 0) is 6.54 Å². The lowest BCUT2D eigenvalue weighted by molar-refractivity contribution is 0.0992. The van der Waals surface area contributed by atoms with Gasteiger partial charge in [0, 0.05) is 32.2 Å². The number of nitrogens with one attached hydrogen (secondary N) is 1. The van der Waals surface area contributed by atoms with Gasteiger partial charge in [0.15, 0.2) is 5.88 Å². The monoisotopic (exact) mass is 210 g/mol. The molecule has 0 amide bonds. The third-order valence-electron chi connectivity index (χ3n) is 2.66. The Morgan fingerprint density at radius 3 is 2.67 bits per heavy atom. The van der Waals surface area contributed by atoms with Gasteiger partial charge >= 0.3 is 0 Å². The summed E-state index contributed by atoms with van der Waals surface area (Å²) >= 11 is 0. The molecule has 0 atom stereocenters. The lowest BCUT2D eigenvalue weighted by Gasteiger charge is -2.32. The SMILES string of the molecule is CN1CCN(NCc2ccc(N)o2)CC1. The highest BCUT2D eigenvalue weighted by molar-refractivity contribution is 5.25. The molecular weight excluding hydrogens is 192 g/mol. The van der Waals surface area contributed by atoms with Crippen molar-refractivity contribution in [2.45, 2.75) is 6.54 Å². The summed E-state index contributed by atoms with van der Waals surface area (Å²) in [7, 11) is 2.14. The fraction of sp³-hybridized carbons (Fsp3) is 0.600. The zero-order chi connectivity index (χ0) is 10.7. The molecule has 1 aliphatic heterocycles. The molecule has 5 heteroatoms. The van der Waals surface area contributed by atoms with E-state index in [1.165, 1.54) is 0 Å². The first-order valence-electron chi connectivity index (χ1n) is 5.25. The van der Waals surface area contributed by atoms with Gasteiger partial charge in [-0.15, -0.1) is 0 Å². The van der Waals surface area contributed by atoms with Crippen LogP contribution in [0.15, 0.2) is 16.5 Å². The smallest absolute Gasteiger partial charge is 0.190 e. The van der Waals surface area contributed by atoms with Crippen LogP contribution in [0.5, 0.6) is 0 Å². The zero-order valence-electron chi connectivity index (χ0n) is 9.07. The highest BCUT2D eigenvalue weighted by atomic mass is 16.4. The zero-order valence-corrected chi connectivity index (χ0v) is 9.07. The quantitative estimate of drug-likeness (QED) is 0.742. The van der Waals surface area contributed by atoms with Crippen LogP contribution >= 0.6 is 0 Å². The molecule has 0 spiro atoms. The standard InChI is InChI=1S/C10H18N4O/c1-13-4-6-14(7-5-13)12-8-9-2-3-10(11)15-9/h2-3,12H,4-8,11H2,1H3. The van der Waals surface area contributed by atoms with E-state index < -0.39 is 0 Å². The molecule has 1 aromatic rings. The largest absolute Gasteiger partial charge is 0.445 e. The number of hydrogen-bond donors (Lipinski definition) is 2. The Labute approximate surface area is 89.8 Å². The maximum absolute atomic E-state index is 5.49. The number of hydrogen-bond acceptors (Lipinski definition) is 5. The Hall–Kier alpha value is -1.04. The van der Waals surface area contributed by atoms with Crippen LogP contribution in [0.4, 0.5) is 5.88 Å². The normalized spacial score (nSPS) is 19.5. The molecule has 3 N–H and O–H groups in total. The molecule has 0 bridgehead atoms. The number of nitrogens with zero attached hydrogens (tertiary/aromatic N) is 2. The number of furan rings is 1. The van der Waals surface area contributed by atoms with E-state index in [4.69, 9.17) is 10.2 Å². The van der Waals surface area contributed by atoms with Gasteiger partial charge in [-0.05, 0) is 13.1 Å². The van der Waals surface area contributed by atoms with Crippen LogP contribution in [0.3, 0.4) is 0 Å². The van der Waals surface area contributed by atoms with Crippen LogP contribution < -0.4 is 11.2 Å². The Kier molecular flexibility index (Phi) is 3.25. The summed E-state index contributed by atoms with van der Waals surface area (Å²) < 4.78 is 5.27. The first kappa shape index (κ1) is 10.5. The van der Waals surface area contributed by atoms with Gasteiger partial charge in [-0.1, -0.05) is 0 Å². The molecule has 5 nitrogen and oxygen atoms in total. The number of piperazine rings is 1. The Morgan fingerprint density at radius 2 is 2.07 bits per heavy atom. The molecule has 1 aliphatic rings. The number of hydrazine groups is 1.